The summed E-state index contributed by atoms with van der Waals surface area (Å²) in [5, 5.41) is 7.26. The predicted molar refractivity (Wildman–Crippen MR) is 122 cm³/mol. The molecule has 29 heavy (non-hydrogen) atoms. The molecule has 1 aromatic rings. The summed E-state index contributed by atoms with van der Waals surface area (Å²) in [6.07, 6.45) is 16.0. The lowest BCUT2D eigenvalue weighted by Crippen LogP contribution is -2.23. The lowest BCUT2D eigenvalue weighted by molar-refractivity contribution is 0.179. The highest BCUT2D eigenvalue weighted by molar-refractivity contribution is 5.98. The van der Waals surface area contributed by atoms with E-state index in [1.54, 1.807) is 0 Å². The van der Waals surface area contributed by atoms with Crippen LogP contribution in [0.2, 0.25) is 0 Å². The summed E-state index contributed by atoms with van der Waals surface area (Å²) in [7, 11) is 0. The minimum Gasteiger partial charge on any atom is -0.493 e. The Kier molecular flexibility index (Phi) is 9.53. The SMILES string of the molecule is C#CC/C=C\C(=C/CCc1cc(/C(N)=N/N=C)ccc1N)OCCN1CCCC1. The van der Waals surface area contributed by atoms with Crippen molar-refractivity contribution in [3.63, 3.8) is 0 Å². The van der Waals surface area contributed by atoms with Crippen molar-refractivity contribution < 1.29 is 4.74 Å². The minimum atomic E-state index is 0.319. The van der Waals surface area contributed by atoms with Gasteiger partial charge in [-0.05, 0) is 74.7 Å². The van der Waals surface area contributed by atoms with Crippen LogP contribution in [-0.2, 0) is 11.2 Å². The lowest BCUT2D eigenvalue weighted by atomic mass is 10.0. The minimum absolute atomic E-state index is 0.319. The molecule has 0 unspecified atom stereocenters. The fraction of sp³-hybridized carbons (Fsp3) is 0.391. The van der Waals surface area contributed by atoms with E-state index in [0.717, 1.165) is 42.0 Å². The van der Waals surface area contributed by atoms with Crippen molar-refractivity contribution in [2.75, 3.05) is 32.0 Å². The van der Waals surface area contributed by atoms with E-state index in [1.807, 2.05) is 30.4 Å². The zero-order chi connectivity index (χ0) is 20.9. The molecule has 0 bridgehead atoms. The fourth-order valence-corrected chi connectivity index (χ4v) is 3.20. The molecule has 0 spiro atoms. The zero-order valence-electron chi connectivity index (χ0n) is 17.0. The van der Waals surface area contributed by atoms with E-state index < -0.39 is 0 Å². The third-order valence-corrected chi connectivity index (χ3v) is 4.77. The zero-order valence-corrected chi connectivity index (χ0v) is 17.0. The summed E-state index contributed by atoms with van der Waals surface area (Å²) in [5.74, 6) is 3.77. The van der Waals surface area contributed by atoms with Crippen molar-refractivity contribution >= 4 is 18.2 Å². The molecule has 0 radical (unpaired) electrons. The van der Waals surface area contributed by atoms with Crippen LogP contribution < -0.4 is 11.5 Å². The summed E-state index contributed by atoms with van der Waals surface area (Å²) in [5.41, 5.74) is 14.5. The molecule has 0 aliphatic carbocycles. The van der Waals surface area contributed by atoms with E-state index in [1.165, 1.54) is 25.9 Å². The largest absolute Gasteiger partial charge is 0.493 e. The number of hydrogen-bond acceptors (Lipinski definition) is 5. The highest BCUT2D eigenvalue weighted by Crippen LogP contribution is 2.17. The normalized spacial score (nSPS) is 15.6. The summed E-state index contributed by atoms with van der Waals surface area (Å²) in [4.78, 5) is 2.43. The van der Waals surface area contributed by atoms with Gasteiger partial charge in [-0.15, -0.1) is 17.4 Å². The van der Waals surface area contributed by atoms with Crippen molar-refractivity contribution in [1.82, 2.24) is 4.90 Å². The standard InChI is InChI=1S/C23H31N5O/c1-3-4-5-10-21(29-17-16-28-14-6-7-15-28)11-8-9-19-18-20(12-13-22(19)24)23(25)27-26-2/h1,5,10-13,18H,2,4,6-9,14-17,24H2,(H2,25,27)/b10-5-,21-11+. The first kappa shape index (κ1) is 22.3. The van der Waals surface area contributed by atoms with Gasteiger partial charge in [0.2, 0.25) is 0 Å². The van der Waals surface area contributed by atoms with Gasteiger partial charge >= 0.3 is 0 Å². The van der Waals surface area contributed by atoms with Gasteiger partial charge in [0.1, 0.15) is 12.4 Å². The second-order valence-corrected chi connectivity index (χ2v) is 6.89. The molecule has 0 saturated carbocycles. The summed E-state index contributed by atoms with van der Waals surface area (Å²) < 4.78 is 5.99. The second kappa shape index (κ2) is 12.4. The number of likely N-dealkylation sites (tertiary alicyclic amines) is 1. The number of nitrogens with zero attached hydrogens (tertiary/aromatic N) is 3. The number of hydrogen-bond donors (Lipinski definition) is 2. The average Bonchev–Trinajstić information content (AvgIpc) is 3.23. The van der Waals surface area contributed by atoms with Crippen LogP contribution in [0.25, 0.3) is 0 Å². The Morgan fingerprint density at radius 1 is 1.34 bits per heavy atom. The summed E-state index contributed by atoms with van der Waals surface area (Å²) in [6, 6.07) is 5.60. The molecule has 1 aliphatic rings. The molecular formula is C23H31N5O. The number of ether oxygens (including phenoxy) is 1. The fourth-order valence-electron chi connectivity index (χ4n) is 3.20. The first-order valence-electron chi connectivity index (χ1n) is 9.97. The number of nitrogens with two attached hydrogens (primary N) is 2. The number of rotatable bonds is 11. The molecular weight excluding hydrogens is 362 g/mol. The molecule has 0 aromatic heterocycles. The Labute approximate surface area is 174 Å². The highest BCUT2D eigenvalue weighted by atomic mass is 16.5. The van der Waals surface area contributed by atoms with Gasteiger partial charge in [0, 0.05) is 30.9 Å². The first-order chi connectivity index (χ1) is 14.1. The van der Waals surface area contributed by atoms with Gasteiger partial charge in [-0.2, -0.15) is 5.10 Å². The van der Waals surface area contributed by atoms with Gasteiger partial charge in [-0.1, -0.05) is 6.08 Å². The van der Waals surface area contributed by atoms with Gasteiger partial charge in [-0.25, -0.2) is 0 Å². The molecule has 2 rings (SSSR count). The number of aryl methyl sites for hydroxylation is 1. The quantitative estimate of drug-likeness (QED) is 0.115. The number of amidine groups is 1. The van der Waals surface area contributed by atoms with Gasteiger partial charge in [0.05, 0.1) is 0 Å². The van der Waals surface area contributed by atoms with Gasteiger partial charge in [-0.3, -0.25) is 4.90 Å². The summed E-state index contributed by atoms with van der Waals surface area (Å²) in [6.45, 7) is 7.28. The molecule has 1 heterocycles. The average molecular weight is 394 g/mol. The van der Waals surface area contributed by atoms with E-state index in [-0.39, 0.29) is 0 Å². The molecule has 1 aromatic carbocycles. The molecule has 0 amide bonds. The van der Waals surface area contributed by atoms with Gasteiger partial charge in [0.25, 0.3) is 0 Å². The monoisotopic (exact) mass is 393 g/mol. The second-order valence-electron chi connectivity index (χ2n) is 6.89. The van der Waals surface area contributed by atoms with Gasteiger partial charge < -0.3 is 16.2 Å². The van der Waals surface area contributed by atoms with E-state index in [0.29, 0.717) is 18.9 Å². The number of terminal acetylenes is 1. The Balaban J connectivity index is 1.98. The molecule has 4 N–H and O–H groups in total. The van der Waals surface area contributed by atoms with Gasteiger partial charge in [0.15, 0.2) is 5.84 Å². The maximum absolute atomic E-state index is 6.12. The molecule has 1 saturated heterocycles. The number of benzene rings is 1. The van der Waals surface area contributed by atoms with E-state index in [4.69, 9.17) is 22.6 Å². The Bertz CT molecular complexity index is 798. The topological polar surface area (TPSA) is 89.2 Å². The molecule has 1 fully saturated rings. The van der Waals surface area contributed by atoms with Crippen LogP contribution in [0.1, 0.15) is 36.8 Å². The van der Waals surface area contributed by atoms with Crippen molar-refractivity contribution in [3.8, 4) is 12.3 Å². The summed E-state index contributed by atoms with van der Waals surface area (Å²) >= 11 is 0. The predicted octanol–water partition coefficient (Wildman–Crippen LogP) is 3.10. The smallest absolute Gasteiger partial charge is 0.153 e. The van der Waals surface area contributed by atoms with Crippen LogP contribution in [0.3, 0.4) is 0 Å². The Hall–Kier alpha value is -3.04. The van der Waals surface area contributed by atoms with Crippen molar-refractivity contribution in [1.29, 1.82) is 0 Å². The molecule has 1 aliphatic heterocycles. The van der Waals surface area contributed by atoms with Crippen LogP contribution in [0, 0.1) is 12.3 Å². The van der Waals surface area contributed by atoms with E-state index >= 15 is 0 Å². The van der Waals surface area contributed by atoms with Crippen molar-refractivity contribution in [3.05, 3.63) is 53.3 Å². The maximum Gasteiger partial charge on any atom is 0.153 e. The van der Waals surface area contributed by atoms with Crippen LogP contribution >= 0.6 is 0 Å². The van der Waals surface area contributed by atoms with Crippen molar-refractivity contribution in [2.24, 2.45) is 15.9 Å². The van der Waals surface area contributed by atoms with E-state index in [9.17, 15) is 0 Å². The lowest BCUT2D eigenvalue weighted by Gasteiger charge is -2.15. The number of nitrogen functional groups attached to an aromatic ring is 1. The van der Waals surface area contributed by atoms with Crippen LogP contribution in [0.4, 0.5) is 5.69 Å². The molecule has 6 heteroatoms. The van der Waals surface area contributed by atoms with E-state index in [2.05, 4.69) is 33.8 Å². The Morgan fingerprint density at radius 3 is 2.86 bits per heavy atom. The number of anilines is 1. The van der Waals surface area contributed by atoms with Crippen molar-refractivity contribution in [2.45, 2.75) is 32.1 Å². The molecule has 0 atom stereocenters. The molecule has 6 nitrogen and oxygen atoms in total. The third kappa shape index (κ3) is 7.84. The molecule has 154 valence electrons. The Morgan fingerprint density at radius 2 is 2.14 bits per heavy atom. The van der Waals surface area contributed by atoms with Crippen LogP contribution in [0.15, 0.2) is 52.4 Å². The third-order valence-electron chi connectivity index (χ3n) is 4.77. The highest BCUT2D eigenvalue weighted by Gasteiger charge is 2.11. The van der Waals surface area contributed by atoms with Crippen LogP contribution in [0.5, 0.6) is 0 Å². The maximum atomic E-state index is 6.12. The first-order valence-corrected chi connectivity index (χ1v) is 9.97. The number of allylic oxidation sites excluding steroid dienone is 3. The van der Waals surface area contributed by atoms with Crippen LogP contribution in [-0.4, -0.2) is 43.7 Å².